The fourth-order valence-electron chi connectivity index (χ4n) is 2.95. The van der Waals surface area contributed by atoms with E-state index in [1.54, 1.807) is 4.90 Å². The van der Waals surface area contributed by atoms with E-state index in [1.807, 2.05) is 26.8 Å². The maximum absolute atomic E-state index is 12.2. The van der Waals surface area contributed by atoms with E-state index in [1.165, 1.54) is 18.2 Å². The van der Waals surface area contributed by atoms with Crippen molar-refractivity contribution in [1.82, 2.24) is 15.5 Å². The Morgan fingerprint density at radius 3 is 2.45 bits per heavy atom. The molecule has 1 aliphatic rings. The van der Waals surface area contributed by atoms with E-state index in [0.717, 1.165) is 12.8 Å². The van der Waals surface area contributed by atoms with Crippen molar-refractivity contribution in [2.24, 2.45) is 5.92 Å². The number of urea groups is 1. The predicted molar refractivity (Wildman–Crippen MR) is 110 cm³/mol. The SMILES string of the molecule is CC(C)(C)NC(=O)N1CCC(CNC(=O)C(=O)Nc2cc(Cl)ccc2C#N)CC1. The number of piperidine rings is 1. The summed E-state index contributed by atoms with van der Waals surface area (Å²) in [7, 11) is 0. The molecule has 0 aromatic heterocycles. The molecule has 0 spiro atoms. The number of hydrogen-bond acceptors (Lipinski definition) is 4. The number of rotatable bonds is 3. The zero-order valence-electron chi connectivity index (χ0n) is 16.8. The van der Waals surface area contributed by atoms with Gasteiger partial charge >= 0.3 is 17.8 Å². The van der Waals surface area contributed by atoms with Gasteiger partial charge in [0.15, 0.2) is 0 Å². The van der Waals surface area contributed by atoms with Gasteiger partial charge in [0.1, 0.15) is 6.07 Å². The average Bonchev–Trinajstić information content (AvgIpc) is 2.65. The van der Waals surface area contributed by atoms with Crippen LogP contribution in [0.15, 0.2) is 18.2 Å². The highest BCUT2D eigenvalue weighted by molar-refractivity contribution is 6.40. The van der Waals surface area contributed by atoms with Crippen LogP contribution in [0.1, 0.15) is 39.2 Å². The van der Waals surface area contributed by atoms with E-state index in [-0.39, 0.29) is 28.7 Å². The third-order valence-electron chi connectivity index (χ3n) is 4.49. The van der Waals surface area contributed by atoms with Gasteiger partial charge < -0.3 is 20.9 Å². The van der Waals surface area contributed by atoms with Crippen LogP contribution in [-0.2, 0) is 9.59 Å². The second-order valence-electron chi connectivity index (χ2n) is 8.08. The lowest BCUT2D eigenvalue weighted by Gasteiger charge is -2.34. The Labute approximate surface area is 175 Å². The molecule has 1 saturated heterocycles. The first-order valence-electron chi connectivity index (χ1n) is 9.45. The minimum atomic E-state index is -0.856. The zero-order chi connectivity index (χ0) is 21.6. The number of carbonyl (C=O) groups is 3. The summed E-state index contributed by atoms with van der Waals surface area (Å²) >= 11 is 5.88. The van der Waals surface area contributed by atoms with Gasteiger partial charge in [-0.1, -0.05) is 11.6 Å². The van der Waals surface area contributed by atoms with E-state index < -0.39 is 11.8 Å². The second kappa shape index (κ2) is 9.61. The number of nitrogens with zero attached hydrogens (tertiary/aromatic N) is 2. The summed E-state index contributed by atoms with van der Waals surface area (Å²) in [6, 6.07) is 6.27. The van der Waals surface area contributed by atoms with Crippen LogP contribution in [0.5, 0.6) is 0 Å². The van der Waals surface area contributed by atoms with Gasteiger partial charge in [0.2, 0.25) is 0 Å². The maximum atomic E-state index is 12.2. The number of hydrogen-bond donors (Lipinski definition) is 3. The second-order valence-corrected chi connectivity index (χ2v) is 8.51. The van der Waals surface area contributed by atoms with Crippen LogP contribution in [0.2, 0.25) is 5.02 Å². The molecule has 1 aromatic rings. The smallest absolute Gasteiger partial charge is 0.317 e. The molecule has 0 saturated carbocycles. The summed E-state index contributed by atoms with van der Waals surface area (Å²) in [4.78, 5) is 38.1. The van der Waals surface area contributed by atoms with Crippen LogP contribution in [0.3, 0.4) is 0 Å². The number of anilines is 1. The molecule has 1 fully saturated rings. The summed E-state index contributed by atoms with van der Waals surface area (Å²) in [6.45, 7) is 7.34. The Morgan fingerprint density at radius 2 is 1.86 bits per heavy atom. The van der Waals surface area contributed by atoms with Gasteiger partial charge in [-0.05, 0) is 57.7 Å². The highest BCUT2D eigenvalue weighted by Gasteiger charge is 2.26. The fourth-order valence-corrected chi connectivity index (χ4v) is 3.13. The van der Waals surface area contributed by atoms with E-state index in [9.17, 15) is 14.4 Å². The highest BCUT2D eigenvalue weighted by Crippen LogP contribution is 2.20. The van der Waals surface area contributed by atoms with Crippen molar-refractivity contribution < 1.29 is 14.4 Å². The third-order valence-corrected chi connectivity index (χ3v) is 4.73. The van der Waals surface area contributed by atoms with Crippen molar-refractivity contribution in [3.63, 3.8) is 0 Å². The Hall–Kier alpha value is -2.79. The molecule has 1 aliphatic heterocycles. The van der Waals surface area contributed by atoms with Crippen molar-refractivity contribution in [1.29, 1.82) is 5.26 Å². The average molecular weight is 420 g/mol. The van der Waals surface area contributed by atoms with Gasteiger partial charge in [-0.3, -0.25) is 9.59 Å². The zero-order valence-corrected chi connectivity index (χ0v) is 17.6. The molecule has 0 atom stereocenters. The van der Waals surface area contributed by atoms with Gasteiger partial charge in [-0.2, -0.15) is 5.26 Å². The molecule has 29 heavy (non-hydrogen) atoms. The lowest BCUT2D eigenvalue weighted by Crippen LogP contribution is -2.51. The molecule has 1 aromatic carbocycles. The summed E-state index contributed by atoms with van der Waals surface area (Å²) in [6.07, 6.45) is 1.48. The molecule has 8 nitrogen and oxygen atoms in total. The Balaban J connectivity index is 1.79. The minimum Gasteiger partial charge on any atom is -0.348 e. The molecule has 1 heterocycles. The standard InChI is InChI=1S/C20H26ClN5O3/c1-20(2,3)25-19(29)26-8-6-13(7-9-26)12-23-17(27)18(28)24-16-10-15(21)5-4-14(16)11-22/h4-5,10,13H,6-9,12H2,1-3H3,(H,23,27)(H,24,28)(H,25,29). The summed E-state index contributed by atoms with van der Waals surface area (Å²) in [5.41, 5.74) is 0.124. The fraction of sp³-hybridized carbons (Fsp3) is 0.500. The summed E-state index contributed by atoms with van der Waals surface area (Å²) < 4.78 is 0. The monoisotopic (exact) mass is 419 g/mol. The first-order valence-corrected chi connectivity index (χ1v) is 9.83. The number of halogens is 1. The number of benzene rings is 1. The molecule has 4 amide bonds. The van der Waals surface area contributed by atoms with E-state index in [4.69, 9.17) is 16.9 Å². The lowest BCUT2D eigenvalue weighted by molar-refractivity contribution is -0.136. The maximum Gasteiger partial charge on any atom is 0.317 e. The quantitative estimate of drug-likeness (QED) is 0.653. The molecule has 9 heteroatoms. The van der Waals surface area contributed by atoms with Crippen LogP contribution in [0.4, 0.5) is 10.5 Å². The molecule has 0 aliphatic carbocycles. The number of nitrogens with one attached hydrogen (secondary N) is 3. The van der Waals surface area contributed by atoms with Crippen molar-refractivity contribution in [3.8, 4) is 6.07 Å². The Bertz CT molecular complexity index is 820. The van der Waals surface area contributed by atoms with Gasteiger partial charge in [0.05, 0.1) is 11.3 Å². The number of likely N-dealkylation sites (tertiary alicyclic amines) is 1. The van der Waals surface area contributed by atoms with Gasteiger partial charge in [0, 0.05) is 30.2 Å². The third kappa shape index (κ3) is 6.95. The normalized spacial score (nSPS) is 14.7. The Kier molecular flexibility index (Phi) is 7.46. The molecule has 0 unspecified atom stereocenters. The van der Waals surface area contributed by atoms with Crippen molar-refractivity contribution >= 4 is 35.1 Å². The van der Waals surface area contributed by atoms with Crippen LogP contribution < -0.4 is 16.0 Å². The Morgan fingerprint density at radius 1 is 1.21 bits per heavy atom. The van der Waals surface area contributed by atoms with Crippen molar-refractivity contribution in [2.45, 2.75) is 39.2 Å². The van der Waals surface area contributed by atoms with E-state index in [0.29, 0.717) is 24.7 Å². The van der Waals surface area contributed by atoms with Crippen molar-refractivity contribution in [3.05, 3.63) is 28.8 Å². The largest absolute Gasteiger partial charge is 0.348 e. The lowest BCUT2D eigenvalue weighted by atomic mass is 9.97. The summed E-state index contributed by atoms with van der Waals surface area (Å²) in [5.74, 6) is -1.45. The molecule has 3 N–H and O–H groups in total. The predicted octanol–water partition coefficient (Wildman–Crippen LogP) is 2.49. The summed E-state index contributed by atoms with van der Waals surface area (Å²) in [5, 5.41) is 17.4. The van der Waals surface area contributed by atoms with Crippen molar-refractivity contribution in [2.75, 3.05) is 25.0 Å². The van der Waals surface area contributed by atoms with Crippen LogP contribution in [0.25, 0.3) is 0 Å². The minimum absolute atomic E-state index is 0.0887. The van der Waals surface area contributed by atoms with Crippen LogP contribution in [0, 0.1) is 17.2 Å². The molecule has 0 bridgehead atoms. The molecular formula is C20H26ClN5O3. The van der Waals surface area contributed by atoms with Crippen LogP contribution in [-0.4, -0.2) is 47.9 Å². The number of carbonyl (C=O) groups excluding carboxylic acids is 3. The van der Waals surface area contributed by atoms with Gasteiger partial charge in [-0.15, -0.1) is 0 Å². The molecule has 2 rings (SSSR count). The first kappa shape index (κ1) is 22.5. The highest BCUT2D eigenvalue weighted by atomic mass is 35.5. The first-order chi connectivity index (χ1) is 13.6. The number of nitriles is 1. The molecule has 156 valence electrons. The molecular weight excluding hydrogens is 394 g/mol. The van der Waals surface area contributed by atoms with Crippen LogP contribution >= 0.6 is 11.6 Å². The number of amides is 4. The van der Waals surface area contributed by atoms with Gasteiger partial charge in [-0.25, -0.2) is 4.79 Å². The topological polar surface area (TPSA) is 114 Å². The van der Waals surface area contributed by atoms with Gasteiger partial charge in [0.25, 0.3) is 0 Å². The van der Waals surface area contributed by atoms with E-state index in [2.05, 4.69) is 16.0 Å². The molecule has 0 radical (unpaired) electrons. The van der Waals surface area contributed by atoms with E-state index >= 15 is 0 Å².